The number of hydrogen-bond acceptors (Lipinski definition) is 4. The van der Waals surface area contributed by atoms with Crippen molar-refractivity contribution in [2.75, 3.05) is 10.6 Å². The van der Waals surface area contributed by atoms with E-state index in [0.29, 0.717) is 22.8 Å². The number of carbonyl (C=O) groups is 2. The molecule has 6 heteroatoms. The topological polar surface area (TPSA) is 71.1 Å². The van der Waals surface area contributed by atoms with Crippen molar-refractivity contribution >= 4 is 34.0 Å². The first-order valence-electron chi connectivity index (χ1n) is 7.36. The predicted molar refractivity (Wildman–Crippen MR) is 93.9 cm³/mol. The Kier molecular flexibility index (Phi) is 5.15. The number of nitrogens with one attached hydrogen (secondary N) is 2. The van der Waals surface area contributed by atoms with E-state index in [0.717, 1.165) is 5.56 Å². The predicted octanol–water partition coefficient (Wildman–Crippen LogP) is 4.08. The van der Waals surface area contributed by atoms with Crippen LogP contribution < -0.4 is 10.6 Å². The number of benzene rings is 1. The molecule has 0 atom stereocenters. The van der Waals surface area contributed by atoms with E-state index in [4.69, 9.17) is 0 Å². The van der Waals surface area contributed by atoms with Gasteiger partial charge in [0.25, 0.3) is 5.91 Å². The van der Waals surface area contributed by atoms with Crippen molar-refractivity contribution in [2.45, 2.75) is 34.1 Å². The van der Waals surface area contributed by atoms with Crippen molar-refractivity contribution in [3.05, 3.63) is 40.9 Å². The lowest BCUT2D eigenvalue weighted by Gasteiger charge is -2.17. The van der Waals surface area contributed by atoms with Crippen molar-refractivity contribution in [1.82, 2.24) is 4.98 Å². The monoisotopic (exact) mass is 331 g/mol. The molecule has 2 aromatic rings. The van der Waals surface area contributed by atoms with Crippen LogP contribution >= 0.6 is 11.3 Å². The Hall–Kier alpha value is -2.21. The molecule has 1 aromatic heterocycles. The summed E-state index contributed by atoms with van der Waals surface area (Å²) in [6, 6.07) is 5.26. The van der Waals surface area contributed by atoms with Gasteiger partial charge in [0.2, 0.25) is 5.91 Å². The fourth-order valence-electron chi connectivity index (χ4n) is 2.13. The second-order valence-electron chi connectivity index (χ2n) is 6.61. The van der Waals surface area contributed by atoms with Gasteiger partial charge in [-0.1, -0.05) is 20.8 Å². The minimum absolute atomic E-state index is 0.0307. The summed E-state index contributed by atoms with van der Waals surface area (Å²) in [6.07, 6.45) is 2.08. The average molecular weight is 331 g/mol. The van der Waals surface area contributed by atoms with Crippen molar-refractivity contribution in [3.8, 4) is 0 Å². The molecule has 0 aliphatic rings. The second kappa shape index (κ2) is 6.91. The van der Waals surface area contributed by atoms with Crippen LogP contribution in [-0.4, -0.2) is 16.8 Å². The van der Waals surface area contributed by atoms with E-state index in [9.17, 15) is 9.59 Å². The zero-order chi connectivity index (χ0) is 17.0. The van der Waals surface area contributed by atoms with Gasteiger partial charge in [-0.2, -0.15) is 0 Å². The van der Waals surface area contributed by atoms with Gasteiger partial charge < -0.3 is 5.32 Å². The summed E-state index contributed by atoms with van der Waals surface area (Å²) in [6.45, 7) is 7.90. The SMILES string of the molecule is Cc1cc(NC(=O)CC(C)(C)C)ccc1C(=O)Nc1nccs1. The van der Waals surface area contributed by atoms with E-state index in [1.54, 1.807) is 29.8 Å². The first-order valence-corrected chi connectivity index (χ1v) is 8.24. The van der Waals surface area contributed by atoms with Gasteiger partial charge >= 0.3 is 0 Å². The average Bonchev–Trinajstić information content (AvgIpc) is 2.89. The summed E-state index contributed by atoms with van der Waals surface area (Å²) in [7, 11) is 0. The molecule has 0 bridgehead atoms. The van der Waals surface area contributed by atoms with Crippen LogP contribution in [0.3, 0.4) is 0 Å². The van der Waals surface area contributed by atoms with Crippen molar-refractivity contribution in [3.63, 3.8) is 0 Å². The molecule has 2 N–H and O–H groups in total. The zero-order valence-corrected chi connectivity index (χ0v) is 14.6. The maximum absolute atomic E-state index is 12.2. The molecule has 2 rings (SSSR count). The van der Waals surface area contributed by atoms with E-state index < -0.39 is 0 Å². The Balaban J connectivity index is 2.05. The lowest BCUT2D eigenvalue weighted by molar-refractivity contribution is -0.117. The highest BCUT2D eigenvalue weighted by atomic mass is 32.1. The highest BCUT2D eigenvalue weighted by Gasteiger charge is 2.17. The van der Waals surface area contributed by atoms with Crippen LogP contribution in [0.25, 0.3) is 0 Å². The van der Waals surface area contributed by atoms with Gasteiger partial charge in [0.05, 0.1) is 0 Å². The zero-order valence-electron chi connectivity index (χ0n) is 13.8. The molecule has 23 heavy (non-hydrogen) atoms. The molecule has 0 spiro atoms. The molecule has 0 saturated heterocycles. The molecule has 0 radical (unpaired) electrons. The van der Waals surface area contributed by atoms with Crippen LogP contribution in [0.15, 0.2) is 29.8 Å². The van der Waals surface area contributed by atoms with Gasteiger partial charge in [0.1, 0.15) is 0 Å². The van der Waals surface area contributed by atoms with Gasteiger partial charge in [-0.05, 0) is 36.1 Å². The third kappa shape index (κ3) is 5.17. The van der Waals surface area contributed by atoms with Crippen molar-refractivity contribution < 1.29 is 9.59 Å². The van der Waals surface area contributed by atoms with Gasteiger partial charge in [-0.15, -0.1) is 11.3 Å². The van der Waals surface area contributed by atoms with Crippen LogP contribution in [0.4, 0.5) is 10.8 Å². The third-order valence-electron chi connectivity index (χ3n) is 3.10. The number of hydrogen-bond donors (Lipinski definition) is 2. The largest absolute Gasteiger partial charge is 0.326 e. The Morgan fingerprint density at radius 1 is 1.22 bits per heavy atom. The number of rotatable bonds is 4. The molecule has 122 valence electrons. The molecule has 1 heterocycles. The number of amides is 2. The highest BCUT2D eigenvalue weighted by Crippen LogP contribution is 2.21. The summed E-state index contributed by atoms with van der Waals surface area (Å²) in [5, 5.41) is 7.99. The maximum Gasteiger partial charge on any atom is 0.257 e. The number of anilines is 2. The first-order chi connectivity index (χ1) is 10.7. The Morgan fingerprint density at radius 3 is 2.52 bits per heavy atom. The van der Waals surface area contributed by atoms with E-state index in [2.05, 4.69) is 15.6 Å². The first kappa shape index (κ1) is 17.1. The highest BCUT2D eigenvalue weighted by molar-refractivity contribution is 7.13. The smallest absolute Gasteiger partial charge is 0.257 e. The Bertz CT molecular complexity index is 703. The van der Waals surface area contributed by atoms with Crippen LogP contribution in [0.1, 0.15) is 43.1 Å². The molecule has 0 saturated carbocycles. The maximum atomic E-state index is 12.2. The quantitative estimate of drug-likeness (QED) is 0.887. The van der Waals surface area contributed by atoms with E-state index in [1.807, 2.05) is 27.7 Å². The summed E-state index contributed by atoms with van der Waals surface area (Å²) in [5.41, 5.74) is 2.00. The van der Waals surface area contributed by atoms with Crippen LogP contribution in [0, 0.1) is 12.3 Å². The number of aryl methyl sites for hydroxylation is 1. The molecule has 2 amide bonds. The molecule has 0 aliphatic heterocycles. The summed E-state index contributed by atoms with van der Waals surface area (Å²) in [5.74, 6) is -0.234. The Morgan fingerprint density at radius 2 is 1.96 bits per heavy atom. The lowest BCUT2D eigenvalue weighted by atomic mass is 9.92. The fourth-order valence-corrected chi connectivity index (χ4v) is 2.66. The van der Waals surface area contributed by atoms with Crippen molar-refractivity contribution in [2.24, 2.45) is 5.41 Å². The van der Waals surface area contributed by atoms with Gasteiger partial charge in [0, 0.05) is 29.2 Å². The summed E-state index contributed by atoms with van der Waals surface area (Å²) in [4.78, 5) is 28.2. The lowest BCUT2D eigenvalue weighted by Crippen LogP contribution is -2.20. The Labute approximate surface area is 140 Å². The van der Waals surface area contributed by atoms with Gasteiger partial charge in [0.15, 0.2) is 5.13 Å². The number of nitrogens with zero attached hydrogens (tertiary/aromatic N) is 1. The van der Waals surface area contributed by atoms with E-state index in [1.165, 1.54) is 11.3 Å². The van der Waals surface area contributed by atoms with Crippen molar-refractivity contribution in [1.29, 1.82) is 0 Å². The summed E-state index contributed by atoms with van der Waals surface area (Å²) >= 11 is 1.37. The molecule has 0 fully saturated rings. The van der Waals surface area contributed by atoms with Gasteiger partial charge in [-0.25, -0.2) is 4.98 Å². The fraction of sp³-hybridized carbons (Fsp3) is 0.353. The number of aromatic nitrogens is 1. The minimum Gasteiger partial charge on any atom is -0.326 e. The van der Waals surface area contributed by atoms with Crippen LogP contribution in [-0.2, 0) is 4.79 Å². The second-order valence-corrected chi connectivity index (χ2v) is 7.50. The van der Waals surface area contributed by atoms with Crippen LogP contribution in [0.5, 0.6) is 0 Å². The third-order valence-corrected chi connectivity index (χ3v) is 3.79. The standard InChI is InChI=1S/C17H21N3O2S/c1-11-9-12(19-14(21)10-17(2,3)4)5-6-13(11)15(22)20-16-18-7-8-23-16/h5-9H,10H2,1-4H3,(H,19,21)(H,18,20,22). The normalized spacial score (nSPS) is 11.1. The summed E-state index contributed by atoms with van der Waals surface area (Å²) < 4.78 is 0. The van der Waals surface area contributed by atoms with Crippen LogP contribution in [0.2, 0.25) is 0 Å². The minimum atomic E-state index is -0.204. The van der Waals surface area contributed by atoms with Gasteiger partial charge in [-0.3, -0.25) is 14.9 Å². The number of thiazole rings is 1. The number of carbonyl (C=O) groups excluding carboxylic acids is 2. The molecule has 5 nitrogen and oxygen atoms in total. The van der Waals surface area contributed by atoms with E-state index in [-0.39, 0.29) is 17.2 Å². The molecular formula is C17H21N3O2S. The molecular weight excluding hydrogens is 310 g/mol. The molecule has 0 aliphatic carbocycles. The molecule has 0 unspecified atom stereocenters. The molecule has 1 aromatic carbocycles. The van der Waals surface area contributed by atoms with E-state index >= 15 is 0 Å².